The van der Waals surface area contributed by atoms with Crippen LogP contribution in [0.2, 0.25) is 0 Å². The Bertz CT molecular complexity index is 832. The van der Waals surface area contributed by atoms with Crippen molar-refractivity contribution in [1.29, 1.82) is 0 Å². The van der Waals surface area contributed by atoms with Crippen LogP contribution in [-0.4, -0.2) is 56.3 Å². The van der Waals surface area contributed by atoms with E-state index in [1.54, 1.807) is 7.11 Å². The Hall–Kier alpha value is -1.84. The van der Waals surface area contributed by atoms with Gasteiger partial charge >= 0.3 is 0 Å². The summed E-state index contributed by atoms with van der Waals surface area (Å²) in [6.45, 7) is 5.41. The lowest BCUT2D eigenvalue weighted by molar-refractivity contribution is 0.125. The van der Waals surface area contributed by atoms with Crippen molar-refractivity contribution in [3.63, 3.8) is 0 Å². The topological polar surface area (TPSA) is 69.1 Å². The van der Waals surface area contributed by atoms with Gasteiger partial charge in [-0.3, -0.25) is 9.89 Å². The van der Waals surface area contributed by atoms with Crippen LogP contribution in [0.4, 0.5) is 0 Å². The van der Waals surface area contributed by atoms with Crippen molar-refractivity contribution >= 4 is 29.9 Å². The number of benzene rings is 2. The van der Waals surface area contributed by atoms with Crippen LogP contribution in [0.5, 0.6) is 5.75 Å². The molecule has 3 rings (SSSR count). The van der Waals surface area contributed by atoms with Gasteiger partial charge in [0.05, 0.1) is 13.2 Å². The molecule has 0 aliphatic carbocycles. The summed E-state index contributed by atoms with van der Waals surface area (Å²) < 4.78 is 5.33. The van der Waals surface area contributed by atoms with Crippen molar-refractivity contribution < 1.29 is 9.84 Å². The minimum atomic E-state index is -0.474. The zero-order valence-corrected chi connectivity index (χ0v) is 22.4. The minimum Gasteiger partial charge on any atom is -0.497 e. The number of likely N-dealkylation sites (tertiary alicyclic amines) is 1. The first kappa shape index (κ1) is 27.4. The standard InChI is InChI=1S/C26H38N4O2.HI/c1-4-27-26(28-17-16-24(31)20-9-6-5-7-10-20)29-19-22-11-8-18-30(2)25(22)21-12-14-23(32-3)15-13-21;/h5-7,9-10,12-15,22,24-25,31H,4,8,11,16-19H2,1-3H3,(H2,27,28,29);1H. The molecule has 0 amide bonds. The van der Waals surface area contributed by atoms with Gasteiger partial charge in [-0.05, 0) is 69.0 Å². The Morgan fingerprint density at radius 1 is 1.15 bits per heavy atom. The molecule has 0 saturated carbocycles. The van der Waals surface area contributed by atoms with Gasteiger partial charge in [-0.15, -0.1) is 24.0 Å². The van der Waals surface area contributed by atoms with Crippen molar-refractivity contribution in [3.8, 4) is 5.75 Å². The van der Waals surface area contributed by atoms with E-state index in [-0.39, 0.29) is 24.0 Å². The molecule has 0 aromatic heterocycles. The molecule has 6 nitrogen and oxygen atoms in total. The van der Waals surface area contributed by atoms with Crippen molar-refractivity contribution in [1.82, 2.24) is 15.5 Å². The molecule has 33 heavy (non-hydrogen) atoms. The molecule has 3 atom stereocenters. The van der Waals surface area contributed by atoms with Crippen LogP contribution in [0, 0.1) is 5.92 Å². The highest BCUT2D eigenvalue weighted by Gasteiger charge is 2.30. The van der Waals surface area contributed by atoms with Gasteiger partial charge in [0, 0.05) is 25.7 Å². The molecule has 2 aromatic rings. The van der Waals surface area contributed by atoms with E-state index in [2.05, 4.69) is 41.6 Å². The number of ether oxygens (including phenoxy) is 1. The zero-order chi connectivity index (χ0) is 22.8. The van der Waals surface area contributed by atoms with Crippen LogP contribution in [0.15, 0.2) is 59.6 Å². The summed E-state index contributed by atoms with van der Waals surface area (Å²) in [6, 6.07) is 18.6. The molecule has 1 heterocycles. The number of nitrogens with zero attached hydrogens (tertiary/aromatic N) is 2. The summed E-state index contributed by atoms with van der Waals surface area (Å²) in [6.07, 6.45) is 2.51. The van der Waals surface area contributed by atoms with Gasteiger partial charge in [-0.2, -0.15) is 0 Å². The first-order valence-corrected chi connectivity index (χ1v) is 11.7. The van der Waals surface area contributed by atoms with Crippen molar-refractivity contribution in [2.45, 2.75) is 38.3 Å². The second-order valence-corrected chi connectivity index (χ2v) is 8.46. The van der Waals surface area contributed by atoms with E-state index in [0.717, 1.165) is 43.3 Å². The first-order valence-electron chi connectivity index (χ1n) is 11.7. The molecule has 0 radical (unpaired) electrons. The van der Waals surface area contributed by atoms with Gasteiger partial charge in [0.1, 0.15) is 5.75 Å². The number of methoxy groups -OCH3 is 1. The smallest absolute Gasteiger partial charge is 0.191 e. The maximum Gasteiger partial charge on any atom is 0.191 e. The number of guanidine groups is 1. The second-order valence-electron chi connectivity index (χ2n) is 8.46. The number of aliphatic hydroxyl groups is 1. The lowest BCUT2D eigenvalue weighted by Crippen LogP contribution is -2.40. The number of aliphatic hydroxyl groups excluding tert-OH is 1. The summed E-state index contributed by atoms with van der Waals surface area (Å²) >= 11 is 0. The third kappa shape index (κ3) is 8.15. The molecular weight excluding hydrogens is 527 g/mol. The lowest BCUT2D eigenvalue weighted by Gasteiger charge is -2.39. The third-order valence-electron chi connectivity index (χ3n) is 6.19. The molecule has 1 aliphatic rings. The van der Waals surface area contributed by atoms with Crippen LogP contribution >= 0.6 is 24.0 Å². The second kappa shape index (κ2) is 14.4. The van der Waals surface area contributed by atoms with Crippen molar-refractivity contribution in [3.05, 3.63) is 65.7 Å². The maximum atomic E-state index is 10.4. The average molecular weight is 567 g/mol. The molecule has 7 heteroatoms. The van der Waals surface area contributed by atoms with E-state index < -0.39 is 6.10 Å². The Labute approximate surface area is 215 Å². The van der Waals surface area contributed by atoms with Gasteiger partial charge in [-0.1, -0.05) is 42.5 Å². The van der Waals surface area contributed by atoms with E-state index in [9.17, 15) is 5.11 Å². The summed E-state index contributed by atoms with van der Waals surface area (Å²) in [7, 11) is 3.91. The number of rotatable bonds is 9. The van der Waals surface area contributed by atoms with Crippen LogP contribution in [0.1, 0.15) is 49.5 Å². The zero-order valence-electron chi connectivity index (χ0n) is 20.0. The number of aliphatic imine (C=N–C) groups is 1. The average Bonchev–Trinajstić information content (AvgIpc) is 2.83. The fraction of sp³-hybridized carbons (Fsp3) is 0.500. The van der Waals surface area contributed by atoms with E-state index in [4.69, 9.17) is 9.73 Å². The van der Waals surface area contributed by atoms with Gasteiger partial charge < -0.3 is 20.5 Å². The van der Waals surface area contributed by atoms with Crippen molar-refractivity contribution in [2.75, 3.05) is 40.3 Å². The highest BCUT2D eigenvalue weighted by molar-refractivity contribution is 14.0. The fourth-order valence-corrected chi connectivity index (χ4v) is 4.50. The molecular formula is C26H39IN4O2. The Morgan fingerprint density at radius 2 is 1.88 bits per heavy atom. The Kier molecular flexibility index (Phi) is 12.0. The number of hydrogen-bond acceptors (Lipinski definition) is 4. The van der Waals surface area contributed by atoms with Crippen LogP contribution < -0.4 is 15.4 Å². The number of piperidine rings is 1. The van der Waals surface area contributed by atoms with Gasteiger partial charge in [0.2, 0.25) is 0 Å². The minimum absolute atomic E-state index is 0. The largest absolute Gasteiger partial charge is 0.497 e. The lowest BCUT2D eigenvalue weighted by atomic mass is 9.85. The number of hydrogen-bond donors (Lipinski definition) is 3. The molecule has 3 N–H and O–H groups in total. The highest BCUT2D eigenvalue weighted by Crippen LogP contribution is 2.35. The first-order chi connectivity index (χ1) is 15.6. The molecule has 1 aliphatic heterocycles. The van der Waals surface area contributed by atoms with E-state index in [1.165, 1.54) is 12.0 Å². The normalized spacial score (nSPS) is 19.9. The molecule has 182 valence electrons. The molecule has 1 fully saturated rings. The van der Waals surface area contributed by atoms with Crippen LogP contribution in [0.3, 0.4) is 0 Å². The molecule has 3 unspecified atom stereocenters. The molecule has 1 saturated heterocycles. The van der Waals surface area contributed by atoms with Gasteiger partial charge in [0.15, 0.2) is 5.96 Å². The molecule has 0 bridgehead atoms. The summed E-state index contributed by atoms with van der Waals surface area (Å²) in [4.78, 5) is 7.36. The highest BCUT2D eigenvalue weighted by atomic mass is 127. The summed E-state index contributed by atoms with van der Waals surface area (Å²) in [5.74, 6) is 2.15. The third-order valence-corrected chi connectivity index (χ3v) is 6.19. The Morgan fingerprint density at radius 3 is 2.55 bits per heavy atom. The quantitative estimate of drug-likeness (QED) is 0.239. The van der Waals surface area contributed by atoms with Gasteiger partial charge in [-0.25, -0.2) is 0 Å². The predicted molar refractivity (Wildman–Crippen MR) is 147 cm³/mol. The monoisotopic (exact) mass is 566 g/mol. The van der Waals surface area contributed by atoms with Crippen LogP contribution in [-0.2, 0) is 0 Å². The summed E-state index contributed by atoms with van der Waals surface area (Å²) in [5.41, 5.74) is 2.26. The van der Waals surface area contributed by atoms with Gasteiger partial charge in [0.25, 0.3) is 0 Å². The SMILES string of the molecule is CCNC(=NCC1CCCN(C)C1c1ccc(OC)cc1)NCCC(O)c1ccccc1.I. The summed E-state index contributed by atoms with van der Waals surface area (Å²) in [5, 5.41) is 17.1. The molecule has 2 aromatic carbocycles. The van der Waals surface area contributed by atoms with E-state index >= 15 is 0 Å². The van der Waals surface area contributed by atoms with E-state index in [1.807, 2.05) is 42.5 Å². The predicted octanol–water partition coefficient (Wildman–Crippen LogP) is 4.37. The number of halogens is 1. The number of nitrogens with one attached hydrogen (secondary N) is 2. The van der Waals surface area contributed by atoms with Crippen molar-refractivity contribution in [2.24, 2.45) is 10.9 Å². The van der Waals surface area contributed by atoms with E-state index in [0.29, 0.717) is 24.9 Å². The maximum absolute atomic E-state index is 10.4. The molecule has 0 spiro atoms. The fourth-order valence-electron chi connectivity index (χ4n) is 4.50. The Balaban J connectivity index is 0.00000385. The van der Waals surface area contributed by atoms with Crippen LogP contribution in [0.25, 0.3) is 0 Å².